The molecule has 4 nitrogen and oxygen atoms in total. The number of aliphatic hydroxyl groups excluding tert-OH is 1. The highest BCUT2D eigenvalue weighted by molar-refractivity contribution is 5.37. The smallest absolute Gasteiger partial charge is 0.119 e. The van der Waals surface area contributed by atoms with Crippen molar-refractivity contribution in [1.82, 2.24) is 5.32 Å². The van der Waals surface area contributed by atoms with Crippen LogP contribution in [0.1, 0.15) is 37.5 Å². The fraction of sp³-hybridized carbons (Fsp3) is 0.600. The van der Waals surface area contributed by atoms with E-state index in [9.17, 15) is 5.11 Å². The molecule has 1 rings (SSSR count). The Morgan fingerprint density at radius 3 is 2.63 bits per heavy atom. The minimum atomic E-state index is -0.542. The van der Waals surface area contributed by atoms with Crippen LogP contribution < -0.4 is 15.8 Å². The summed E-state index contributed by atoms with van der Waals surface area (Å²) in [6.45, 7) is 5.25. The molecule has 0 amide bonds. The van der Waals surface area contributed by atoms with Crippen LogP contribution in [0.15, 0.2) is 18.2 Å². The van der Waals surface area contributed by atoms with Crippen LogP contribution in [0.25, 0.3) is 0 Å². The van der Waals surface area contributed by atoms with Crippen LogP contribution >= 0.6 is 0 Å². The van der Waals surface area contributed by atoms with Gasteiger partial charge in [0, 0.05) is 6.04 Å². The predicted molar refractivity (Wildman–Crippen MR) is 78.5 cm³/mol. The first-order chi connectivity index (χ1) is 9.17. The molecule has 0 bridgehead atoms. The summed E-state index contributed by atoms with van der Waals surface area (Å²) in [5, 5.41) is 13.6. The molecule has 0 radical (unpaired) electrons. The van der Waals surface area contributed by atoms with Gasteiger partial charge in [0.2, 0.25) is 0 Å². The number of aliphatic hydroxyl groups is 1. The molecule has 0 saturated heterocycles. The Morgan fingerprint density at radius 1 is 1.37 bits per heavy atom. The highest BCUT2D eigenvalue weighted by atomic mass is 16.5. The number of likely N-dealkylation sites (N-methyl/N-ethyl adjacent to an activating group) is 1. The molecule has 0 aliphatic heterocycles. The molecule has 4 N–H and O–H groups in total. The summed E-state index contributed by atoms with van der Waals surface area (Å²) >= 11 is 0. The van der Waals surface area contributed by atoms with Crippen molar-refractivity contribution in [3.8, 4) is 5.75 Å². The number of hydrogen-bond acceptors (Lipinski definition) is 4. The van der Waals surface area contributed by atoms with Crippen LogP contribution in [0.2, 0.25) is 0 Å². The average Bonchev–Trinajstić information content (AvgIpc) is 2.44. The van der Waals surface area contributed by atoms with Gasteiger partial charge in [-0.25, -0.2) is 0 Å². The summed E-state index contributed by atoms with van der Waals surface area (Å²) in [7, 11) is 1.85. The molecular weight excluding hydrogens is 240 g/mol. The van der Waals surface area contributed by atoms with Gasteiger partial charge in [0.15, 0.2) is 0 Å². The predicted octanol–water partition coefficient (Wildman–Crippen LogP) is 1.62. The van der Waals surface area contributed by atoms with Crippen molar-refractivity contribution < 1.29 is 9.84 Å². The Labute approximate surface area is 116 Å². The standard InChI is InChI=1S/C15H26N2O2/c1-4-11-10-12(19-5-2)6-7-13(11)15(18)14(17-3)8-9-16/h6-7,10,14-15,17-18H,4-5,8-9,16H2,1-3H3. The van der Waals surface area contributed by atoms with Crippen molar-refractivity contribution in [1.29, 1.82) is 0 Å². The summed E-state index contributed by atoms with van der Waals surface area (Å²) in [4.78, 5) is 0. The van der Waals surface area contributed by atoms with Crippen molar-refractivity contribution in [2.24, 2.45) is 5.73 Å². The van der Waals surface area contributed by atoms with Gasteiger partial charge in [-0.15, -0.1) is 0 Å². The topological polar surface area (TPSA) is 67.5 Å². The Morgan fingerprint density at radius 2 is 2.11 bits per heavy atom. The van der Waals surface area contributed by atoms with Gasteiger partial charge in [0.1, 0.15) is 5.75 Å². The van der Waals surface area contributed by atoms with E-state index in [1.807, 2.05) is 32.2 Å². The number of benzene rings is 1. The molecule has 0 aliphatic carbocycles. The maximum absolute atomic E-state index is 10.5. The van der Waals surface area contributed by atoms with E-state index in [2.05, 4.69) is 12.2 Å². The number of nitrogens with two attached hydrogens (primary N) is 1. The van der Waals surface area contributed by atoms with E-state index in [-0.39, 0.29) is 6.04 Å². The van der Waals surface area contributed by atoms with Gasteiger partial charge in [-0.3, -0.25) is 0 Å². The van der Waals surface area contributed by atoms with Crippen molar-refractivity contribution in [3.63, 3.8) is 0 Å². The van der Waals surface area contributed by atoms with Crippen LogP contribution in [0.4, 0.5) is 0 Å². The van der Waals surface area contributed by atoms with E-state index >= 15 is 0 Å². The van der Waals surface area contributed by atoms with E-state index in [1.54, 1.807) is 0 Å². The van der Waals surface area contributed by atoms with Crippen LogP contribution in [0, 0.1) is 0 Å². The van der Waals surface area contributed by atoms with Crippen molar-refractivity contribution in [2.75, 3.05) is 20.2 Å². The highest BCUT2D eigenvalue weighted by Crippen LogP contribution is 2.26. The maximum Gasteiger partial charge on any atom is 0.119 e. The van der Waals surface area contributed by atoms with Gasteiger partial charge in [0.25, 0.3) is 0 Å². The Bertz CT molecular complexity index is 382. The first kappa shape index (κ1) is 16.0. The quantitative estimate of drug-likeness (QED) is 0.669. The summed E-state index contributed by atoms with van der Waals surface area (Å²) in [5.74, 6) is 0.857. The molecule has 0 aliphatic rings. The molecule has 19 heavy (non-hydrogen) atoms. The fourth-order valence-electron chi connectivity index (χ4n) is 2.29. The zero-order valence-electron chi connectivity index (χ0n) is 12.1. The Balaban J connectivity index is 2.97. The minimum absolute atomic E-state index is 0.0201. The molecule has 108 valence electrons. The van der Waals surface area contributed by atoms with Crippen LogP contribution in [-0.2, 0) is 6.42 Å². The Hall–Kier alpha value is -1.10. The third kappa shape index (κ3) is 4.20. The lowest BCUT2D eigenvalue weighted by molar-refractivity contribution is 0.128. The van der Waals surface area contributed by atoms with Crippen LogP contribution in [0.5, 0.6) is 5.75 Å². The second-order valence-corrected chi connectivity index (χ2v) is 4.56. The van der Waals surface area contributed by atoms with Crippen LogP contribution in [-0.4, -0.2) is 31.3 Å². The maximum atomic E-state index is 10.5. The lowest BCUT2D eigenvalue weighted by atomic mass is 9.94. The van der Waals surface area contributed by atoms with Gasteiger partial charge in [0.05, 0.1) is 12.7 Å². The molecular formula is C15H26N2O2. The molecule has 0 aromatic heterocycles. The first-order valence-corrected chi connectivity index (χ1v) is 6.98. The van der Waals surface area contributed by atoms with Crippen molar-refractivity contribution >= 4 is 0 Å². The second kappa shape index (κ2) is 8.15. The molecule has 0 fully saturated rings. The average molecular weight is 266 g/mol. The molecule has 0 saturated carbocycles. The lowest BCUT2D eigenvalue weighted by Gasteiger charge is -2.24. The van der Waals surface area contributed by atoms with Crippen LogP contribution in [0.3, 0.4) is 0 Å². The number of rotatable bonds is 8. The van der Waals surface area contributed by atoms with Crippen molar-refractivity contribution in [2.45, 2.75) is 38.8 Å². The largest absolute Gasteiger partial charge is 0.494 e. The van der Waals surface area contributed by atoms with Crippen molar-refractivity contribution in [3.05, 3.63) is 29.3 Å². The van der Waals surface area contributed by atoms with E-state index in [0.717, 1.165) is 29.7 Å². The number of ether oxygens (including phenoxy) is 1. The molecule has 2 atom stereocenters. The van der Waals surface area contributed by atoms with Gasteiger partial charge < -0.3 is 20.9 Å². The molecule has 4 heteroatoms. The first-order valence-electron chi connectivity index (χ1n) is 6.98. The summed E-state index contributed by atoms with van der Waals surface area (Å²) in [6.07, 6.45) is 1.07. The number of nitrogens with one attached hydrogen (secondary N) is 1. The van der Waals surface area contributed by atoms with E-state index in [0.29, 0.717) is 13.2 Å². The third-order valence-corrected chi connectivity index (χ3v) is 3.35. The lowest BCUT2D eigenvalue weighted by Crippen LogP contribution is -2.34. The SMILES string of the molecule is CCOc1ccc(C(O)C(CCN)NC)c(CC)c1. The monoisotopic (exact) mass is 266 g/mol. The Kier molecular flexibility index (Phi) is 6.84. The van der Waals surface area contributed by atoms with Gasteiger partial charge in [-0.1, -0.05) is 13.0 Å². The summed E-state index contributed by atoms with van der Waals surface area (Å²) in [5.41, 5.74) is 7.66. The molecule has 2 unspecified atom stereocenters. The second-order valence-electron chi connectivity index (χ2n) is 4.56. The third-order valence-electron chi connectivity index (χ3n) is 3.35. The fourth-order valence-corrected chi connectivity index (χ4v) is 2.29. The number of hydrogen-bond donors (Lipinski definition) is 3. The number of aryl methyl sites for hydroxylation is 1. The zero-order chi connectivity index (χ0) is 14.3. The van der Waals surface area contributed by atoms with Gasteiger partial charge in [-0.05, 0) is 56.6 Å². The van der Waals surface area contributed by atoms with Gasteiger partial charge >= 0.3 is 0 Å². The zero-order valence-corrected chi connectivity index (χ0v) is 12.1. The normalized spacial score (nSPS) is 14.2. The summed E-state index contributed by atoms with van der Waals surface area (Å²) < 4.78 is 5.50. The highest BCUT2D eigenvalue weighted by Gasteiger charge is 2.21. The van der Waals surface area contributed by atoms with E-state index in [1.165, 1.54) is 0 Å². The summed E-state index contributed by atoms with van der Waals surface area (Å²) in [6, 6.07) is 5.86. The molecule has 1 aromatic carbocycles. The van der Waals surface area contributed by atoms with E-state index < -0.39 is 6.10 Å². The van der Waals surface area contributed by atoms with Gasteiger partial charge in [-0.2, -0.15) is 0 Å². The molecule has 1 aromatic rings. The molecule has 0 spiro atoms. The minimum Gasteiger partial charge on any atom is -0.494 e. The van der Waals surface area contributed by atoms with E-state index in [4.69, 9.17) is 10.5 Å². The molecule has 0 heterocycles.